The average Bonchev–Trinajstić information content (AvgIpc) is 3.41. The van der Waals surface area contributed by atoms with Gasteiger partial charge in [0.2, 0.25) is 11.7 Å². The maximum atomic E-state index is 5.95. The van der Waals surface area contributed by atoms with Gasteiger partial charge in [-0.2, -0.15) is 4.98 Å². The molecule has 2 aromatic heterocycles. The number of fused-ring (bicyclic) bond motifs is 1. The van der Waals surface area contributed by atoms with E-state index in [2.05, 4.69) is 33.2 Å². The molecular formula is C20H17ClN4OS. The Labute approximate surface area is 165 Å². The van der Waals surface area contributed by atoms with Crippen LogP contribution in [0.4, 0.5) is 0 Å². The van der Waals surface area contributed by atoms with Gasteiger partial charge in [-0.05, 0) is 55.8 Å². The van der Waals surface area contributed by atoms with Gasteiger partial charge in [-0.15, -0.1) is 11.3 Å². The Morgan fingerprint density at radius 3 is 2.81 bits per heavy atom. The highest BCUT2D eigenvalue weighted by molar-refractivity contribution is 7.18. The molecule has 1 aliphatic heterocycles. The van der Waals surface area contributed by atoms with Crippen LogP contribution < -0.4 is 0 Å². The number of benzene rings is 2. The predicted octanol–water partition coefficient (Wildman–Crippen LogP) is 5.34. The van der Waals surface area contributed by atoms with Crippen LogP contribution in [-0.2, 0) is 6.54 Å². The molecule has 3 heterocycles. The van der Waals surface area contributed by atoms with Gasteiger partial charge in [0, 0.05) is 10.6 Å². The van der Waals surface area contributed by atoms with E-state index in [9.17, 15) is 0 Å². The second kappa shape index (κ2) is 7.03. The van der Waals surface area contributed by atoms with E-state index >= 15 is 0 Å². The summed E-state index contributed by atoms with van der Waals surface area (Å²) in [5.74, 6) is 1.23. The summed E-state index contributed by atoms with van der Waals surface area (Å²) in [6.07, 6.45) is 2.26. The SMILES string of the molecule is Clc1ccc(-c2noc(CN3CCCC3c3nc4ccccc4s3)n2)cc1. The molecule has 1 fully saturated rings. The molecule has 0 amide bonds. The van der Waals surface area contributed by atoms with E-state index in [1.54, 1.807) is 11.3 Å². The van der Waals surface area contributed by atoms with Crippen molar-refractivity contribution in [3.8, 4) is 11.4 Å². The van der Waals surface area contributed by atoms with Gasteiger partial charge in [-0.1, -0.05) is 28.9 Å². The number of likely N-dealkylation sites (tertiary alicyclic amines) is 1. The van der Waals surface area contributed by atoms with Crippen molar-refractivity contribution in [2.24, 2.45) is 0 Å². The zero-order chi connectivity index (χ0) is 18.2. The highest BCUT2D eigenvalue weighted by atomic mass is 35.5. The van der Waals surface area contributed by atoms with Crippen LogP contribution in [0.2, 0.25) is 5.02 Å². The third kappa shape index (κ3) is 3.36. The van der Waals surface area contributed by atoms with Crippen LogP contribution >= 0.6 is 22.9 Å². The molecule has 1 atom stereocenters. The minimum Gasteiger partial charge on any atom is -0.338 e. The zero-order valence-electron chi connectivity index (χ0n) is 14.5. The lowest BCUT2D eigenvalue weighted by Gasteiger charge is -2.20. The molecule has 5 nitrogen and oxygen atoms in total. The molecule has 5 rings (SSSR count). The molecule has 2 aromatic carbocycles. The minimum absolute atomic E-state index is 0.313. The number of rotatable bonds is 4. The molecule has 0 saturated carbocycles. The molecule has 4 aromatic rings. The lowest BCUT2D eigenvalue weighted by molar-refractivity contribution is 0.212. The molecule has 0 spiro atoms. The van der Waals surface area contributed by atoms with E-state index in [0.717, 1.165) is 30.5 Å². The lowest BCUT2D eigenvalue weighted by Crippen LogP contribution is -2.22. The molecular weight excluding hydrogens is 380 g/mol. The molecule has 0 bridgehead atoms. The van der Waals surface area contributed by atoms with E-state index in [-0.39, 0.29) is 0 Å². The first kappa shape index (κ1) is 16.9. The minimum atomic E-state index is 0.313. The fraction of sp³-hybridized carbons (Fsp3) is 0.250. The summed E-state index contributed by atoms with van der Waals surface area (Å²) in [5, 5.41) is 5.99. The van der Waals surface area contributed by atoms with Gasteiger partial charge >= 0.3 is 0 Å². The highest BCUT2D eigenvalue weighted by Crippen LogP contribution is 2.37. The normalized spacial score (nSPS) is 17.7. The molecule has 1 saturated heterocycles. The second-order valence-electron chi connectivity index (χ2n) is 6.67. The van der Waals surface area contributed by atoms with Crippen molar-refractivity contribution in [1.82, 2.24) is 20.0 Å². The third-order valence-corrected chi connectivity index (χ3v) is 6.26. The van der Waals surface area contributed by atoms with E-state index < -0.39 is 0 Å². The maximum Gasteiger partial charge on any atom is 0.241 e. The van der Waals surface area contributed by atoms with Crippen LogP contribution in [0.1, 0.15) is 29.8 Å². The molecule has 27 heavy (non-hydrogen) atoms. The molecule has 7 heteroatoms. The number of aromatic nitrogens is 3. The number of hydrogen-bond acceptors (Lipinski definition) is 6. The predicted molar refractivity (Wildman–Crippen MR) is 107 cm³/mol. The average molecular weight is 397 g/mol. The van der Waals surface area contributed by atoms with Crippen molar-refractivity contribution in [2.75, 3.05) is 6.54 Å². The number of nitrogens with zero attached hydrogens (tertiary/aromatic N) is 4. The van der Waals surface area contributed by atoms with Crippen LogP contribution in [0, 0.1) is 0 Å². The van der Waals surface area contributed by atoms with Crippen molar-refractivity contribution >= 4 is 33.2 Å². The Hall–Kier alpha value is -2.28. The highest BCUT2D eigenvalue weighted by Gasteiger charge is 2.30. The summed E-state index contributed by atoms with van der Waals surface area (Å²) in [6.45, 7) is 1.65. The number of halogens is 1. The molecule has 0 radical (unpaired) electrons. The standard InChI is InChI=1S/C20H17ClN4OS/c21-14-9-7-13(8-10-14)19-23-18(26-24-19)12-25-11-3-5-16(25)20-22-15-4-1-2-6-17(15)27-20/h1-2,4,6-10,16H,3,5,11-12H2. The van der Waals surface area contributed by atoms with Crippen molar-refractivity contribution in [2.45, 2.75) is 25.4 Å². The Balaban J connectivity index is 1.36. The fourth-order valence-electron chi connectivity index (χ4n) is 3.54. The monoisotopic (exact) mass is 396 g/mol. The summed E-state index contributed by atoms with van der Waals surface area (Å²) < 4.78 is 6.74. The number of para-hydroxylation sites is 1. The Bertz CT molecular complexity index is 1040. The summed E-state index contributed by atoms with van der Waals surface area (Å²) in [6, 6.07) is 16.1. The third-order valence-electron chi connectivity index (χ3n) is 4.87. The van der Waals surface area contributed by atoms with Gasteiger partial charge in [0.05, 0.1) is 22.8 Å². The van der Waals surface area contributed by atoms with E-state index in [1.165, 1.54) is 9.71 Å². The van der Waals surface area contributed by atoms with Gasteiger partial charge in [-0.3, -0.25) is 4.90 Å². The van der Waals surface area contributed by atoms with E-state index in [1.807, 2.05) is 30.3 Å². The Morgan fingerprint density at radius 2 is 1.96 bits per heavy atom. The van der Waals surface area contributed by atoms with Crippen LogP contribution in [0.3, 0.4) is 0 Å². The van der Waals surface area contributed by atoms with Gasteiger partial charge in [0.25, 0.3) is 0 Å². The van der Waals surface area contributed by atoms with E-state index in [0.29, 0.717) is 29.3 Å². The van der Waals surface area contributed by atoms with Gasteiger partial charge in [0.15, 0.2) is 0 Å². The van der Waals surface area contributed by atoms with Gasteiger partial charge in [-0.25, -0.2) is 4.98 Å². The Kier molecular flexibility index (Phi) is 4.39. The topological polar surface area (TPSA) is 55.1 Å². The molecule has 1 aliphatic rings. The van der Waals surface area contributed by atoms with Crippen LogP contribution in [-0.4, -0.2) is 26.6 Å². The molecule has 0 aliphatic carbocycles. The molecule has 0 N–H and O–H groups in total. The summed E-state index contributed by atoms with van der Waals surface area (Å²) in [5.41, 5.74) is 1.98. The summed E-state index contributed by atoms with van der Waals surface area (Å²) >= 11 is 7.73. The number of thiazole rings is 1. The lowest BCUT2D eigenvalue weighted by atomic mass is 10.2. The molecule has 1 unspecified atom stereocenters. The van der Waals surface area contributed by atoms with Crippen LogP contribution in [0.5, 0.6) is 0 Å². The quantitative estimate of drug-likeness (QED) is 0.466. The first-order valence-electron chi connectivity index (χ1n) is 8.94. The van der Waals surface area contributed by atoms with Crippen molar-refractivity contribution in [1.29, 1.82) is 0 Å². The van der Waals surface area contributed by atoms with Crippen LogP contribution in [0.15, 0.2) is 53.1 Å². The smallest absolute Gasteiger partial charge is 0.241 e. The number of hydrogen-bond donors (Lipinski definition) is 0. The van der Waals surface area contributed by atoms with Crippen LogP contribution in [0.25, 0.3) is 21.6 Å². The van der Waals surface area contributed by atoms with E-state index in [4.69, 9.17) is 21.1 Å². The first-order chi connectivity index (χ1) is 13.3. The van der Waals surface area contributed by atoms with Crippen molar-refractivity contribution in [3.05, 3.63) is 64.5 Å². The van der Waals surface area contributed by atoms with Crippen molar-refractivity contribution in [3.63, 3.8) is 0 Å². The largest absolute Gasteiger partial charge is 0.338 e. The van der Waals surface area contributed by atoms with Crippen molar-refractivity contribution < 1.29 is 4.52 Å². The second-order valence-corrected chi connectivity index (χ2v) is 8.17. The van der Waals surface area contributed by atoms with Gasteiger partial charge in [0.1, 0.15) is 5.01 Å². The maximum absolute atomic E-state index is 5.95. The van der Waals surface area contributed by atoms with Gasteiger partial charge < -0.3 is 4.52 Å². The zero-order valence-corrected chi connectivity index (χ0v) is 16.1. The fourth-order valence-corrected chi connectivity index (χ4v) is 4.80. The molecule has 136 valence electrons. The summed E-state index contributed by atoms with van der Waals surface area (Å²) in [4.78, 5) is 11.8. The Morgan fingerprint density at radius 1 is 1.11 bits per heavy atom. The summed E-state index contributed by atoms with van der Waals surface area (Å²) in [7, 11) is 0. The first-order valence-corrected chi connectivity index (χ1v) is 10.1.